The Labute approximate surface area is 99.3 Å². The molecule has 0 saturated carbocycles. The highest BCUT2D eigenvalue weighted by Gasteiger charge is 2.19. The molecule has 1 aromatic carbocycles. The lowest BCUT2D eigenvalue weighted by molar-refractivity contribution is 0.465. The van der Waals surface area contributed by atoms with Gasteiger partial charge in [-0.2, -0.15) is 0 Å². The van der Waals surface area contributed by atoms with E-state index in [1.807, 2.05) is 10.6 Å². The molecular weight excluding hydrogens is 216 g/mol. The van der Waals surface area contributed by atoms with Gasteiger partial charge in [-0.25, -0.2) is 4.98 Å². The molecule has 0 spiro atoms. The summed E-state index contributed by atoms with van der Waals surface area (Å²) >= 11 is 0. The zero-order valence-electron chi connectivity index (χ0n) is 9.56. The van der Waals surface area contributed by atoms with Crippen LogP contribution < -0.4 is 11.1 Å². The van der Waals surface area contributed by atoms with Gasteiger partial charge in [0.05, 0.1) is 5.52 Å². The Hall–Kier alpha value is -1.75. The van der Waals surface area contributed by atoms with Crippen LogP contribution in [0.2, 0.25) is 0 Å². The van der Waals surface area contributed by atoms with Gasteiger partial charge in [-0.3, -0.25) is 0 Å². The van der Waals surface area contributed by atoms with Gasteiger partial charge >= 0.3 is 0 Å². The number of aromatic hydroxyl groups is 1. The maximum absolute atomic E-state index is 9.91. The number of nitrogens with two attached hydrogens (primary N) is 1. The van der Waals surface area contributed by atoms with Crippen molar-refractivity contribution in [3.05, 3.63) is 18.2 Å². The third-order valence-corrected chi connectivity index (χ3v) is 3.38. The average Bonchev–Trinajstić information content (AvgIpc) is 2.89. The fourth-order valence-electron chi connectivity index (χ4n) is 2.50. The second-order valence-electron chi connectivity index (χ2n) is 4.58. The normalized spacial score (nSPS) is 20.1. The molecule has 1 unspecified atom stereocenters. The molecule has 1 aliphatic rings. The van der Waals surface area contributed by atoms with Gasteiger partial charge in [0.15, 0.2) is 0 Å². The Morgan fingerprint density at radius 3 is 3.18 bits per heavy atom. The average molecular weight is 232 g/mol. The number of hydrogen-bond donors (Lipinski definition) is 3. The quantitative estimate of drug-likeness (QED) is 0.720. The fraction of sp³-hybridized carbons (Fsp3) is 0.417. The largest absolute Gasteiger partial charge is 0.506 e. The molecule has 1 aliphatic heterocycles. The van der Waals surface area contributed by atoms with Crippen LogP contribution in [0.25, 0.3) is 11.0 Å². The molecule has 2 aromatic rings. The molecule has 90 valence electrons. The first-order chi connectivity index (χ1) is 8.25. The predicted octanol–water partition coefficient (Wildman–Crippen LogP) is 0.934. The van der Waals surface area contributed by atoms with Gasteiger partial charge in [0.2, 0.25) is 5.95 Å². The summed E-state index contributed by atoms with van der Waals surface area (Å²) in [4.78, 5) is 4.28. The van der Waals surface area contributed by atoms with Crippen LogP contribution in [0, 0.1) is 5.92 Å². The van der Waals surface area contributed by atoms with E-state index < -0.39 is 0 Å². The van der Waals surface area contributed by atoms with Gasteiger partial charge in [0.1, 0.15) is 11.3 Å². The summed E-state index contributed by atoms with van der Waals surface area (Å²) in [5.41, 5.74) is 7.43. The summed E-state index contributed by atoms with van der Waals surface area (Å²) in [6.07, 6.45) is 1.15. The maximum atomic E-state index is 9.91. The fourth-order valence-corrected chi connectivity index (χ4v) is 2.50. The van der Waals surface area contributed by atoms with Crippen molar-refractivity contribution in [1.29, 1.82) is 0 Å². The molecular formula is C12H16N4O. The molecule has 1 saturated heterocycles. The van der Waals surface area contributed by atoms with Crippen molar-refractivity contribution >= 4 is 17.0 Å². The monoisotopic (exact) mass is 232 g/mol. The minimum absolute atomic E-state index is 0.248. The van der Waals surface area contributed by atoms with Crippen molar-refractivity contribution in [3.8, 4) is 5.75 Å². The van der Waals surface area contributed by atoms with Crippen molar-refractivity contribution in [2.24, 2.45) is 5.92 Å². The number of para-hydroxylation sites is 1. The number of fused-ring (bicyclic) bond motifs is 1. The summed E-state index contributed by atoms with van der Waals surface area (Å²) in [5.74, 6) is 1.29. The summed E-state index contributed by atoms with van der Waals surface area (Å²) in [7, 11) is 0. The van der Waals surface area contributed by atoms with Gasteiger partial charge in [0.25, 0.3) is 0 Å². The van der Waals surface area contributed by atoms with E-state index in [0.717, 1.165) is 37.1 Å². The van der Waals surface area contributed by atoms with E-state index in [2.05, 4.69) is 10.3 Å². The Bertz CT molecular complexity index is 543. The van der Waals surface area contributed by atoms with Crippen LogP contribution in [0.1, 0.15) is 6.42 Å². The molecule has 1 atom stereocenters. The summed E-state index contributed by atoms with van der Waals surface area (Å²) in [5, 5.41) is 13.2. The number of benzene rings is 1. The molecule has 0 radical (unpaired) electrons. The van der Waals surface area contributed by atoms with Crippen molar-refractivity contribution in [2.75, 3.05) is 18.8 Å². The van der Waals surface area contributed by atoms with Gasteiger partial charge in [-0.15, -0.1) is 0 Å². The molecule has 1 fully saturated rings. The van der Waals surface area contributed by atoms with Crippen LogP contribution in [-0.2, 0) is 6.54 Å². The molecule has 3 rings (SSSR count). The first kappa shape index (κ1) is 10.4. The SMILES string of the molecule is Nc1nc2cccc(O)c2n1CC1CCNC1. The molecule has 2 heterocycles. The third kappa shape index (κ3) is 1.72. The highest BCUT2D eigenvalue weighted by Crippen LogP contribution is 2.28. The van der Waals surface area contributed by atoms with Crippen molar-refractivity contribution in [3.63, 3.8) is 0 Å². The van der Waals surface area contributed by atoms with E-state index in [0.29, 0.717) is 11.9 Å². The van der Waals surface area contributed by atoms with Gasteiger partial charge in [0, 0.05) is 6.54 Å². The van der Waals surface area contributed by atoms with Crippen molar-refractivity contribution in [1.82, 2.24) is 14.9 Å². The standard InChI is InChI=1S/C12H16N4O/c13-12-15-9-2-1-3-10(17)11(9)16(12)7-8-4-5-14-6-8/h1-3,8,14,17H,4-7H2,(H2,13,15). The number of hydrogen-bond acceptors (Lipinski definition) is 4. The predicted molar refractivity (Wildman–Crippen MR) is 66.8 cm³/mol. The number of rotatable bonds is 2. The Balaban J connectivity index is 2.04. The molecule has 17 heavy (non-hydrogen) atoms. The number of nitrogens with zero attached hydrogens (tertiary/aromatic N) is 2. The second kappa shape index (κ2) is 3.92. The van der Waals surface area contributed by atoms with E-state index in [4.69, 9.17) is 5.73 Å². The van der Waals surface area contributed by atoms with E-state index in [-0.39, 0.29) is 5.75 Å². The molecule has 5 heteroatoms. The molecule has 4 N–H and O–H groups in total. The number of imidazole rings is 1. The van der Waals surface area contributed by atoms with Crippen LogP contribution >= 0.6 is 0 Å². The smallest absolute Gasteiger partial charge is 0.201 e. The van der Waals surface area contributed by atoms with Crippen molar-refractivity contribution < 1.29 is 5.11 Å². The lowest BCUT2D eigenvalue weighted by Gasteiger charge is -2.12. The number of phenols is 1. The van der Waals surface area contributed by atoms with Gasteiger partial charge < -0.3 is 20.7 Å². The maximum Gasteiger partial charge on any atom is 0.201 e. The molecule has 5 nitrogen and oxygen atoms in total. The van der Waals surface area contributed by atoms with Crippen LogP contribution in [0.4, 0.5) is 5.95 Å². The highest BCUT2D eigenvalue weighted by atomic mass is 16.3. The van der Waals surface area contributed by atoms with E-state index in [1.54, 1.807) is 12.1 Å². The number of nitrogen functional groups attached to an aromatic ring is 1. The minimum Gasteiger partial charge on any atom is -0.506 e. The zero-order valence-corrected chi connectivity index (χ0v) is 9.56. The first-order valence-electron chi connectivity index (χ1n) is 5.90. The molecule has 1 aromatic heterocycles. The first-order valence-corrected chi connectivity index (χ1v) is 5.90. The number of anilines is 1. The zero-order chi connectivity index (χ0) is 11.8. The number of phenolic OH excluding ortho intramolecular Hbond substituents is 1. The second-order valence-corrected chi connectivity index (χ2v) is 4.58. The Morgan fingerprint density at radius 2 is 2.41 bits per heavy atom. The minimum atomic E-state index is 0.248. The molecule has 0 bridgehead atoms. The van der Waals surface area contributed by atoms with Crippen LogP contribution in [0.15, 0.2) is 18.2 Å². The third-order valence-electron chi connectivity index (χ3n) is 3.38. The number of aromatic nitrogens is 2. The molecule has 0 aliphatic carbocycles. The van der Waals surface area contributed by atoms with E-state index >= 15 is 0 Å². The highest BCUT2D eigenvalue weighted by molar-refractivity contribution is 5.84. The van der Waals surface area contributed by atoms with Crippen molar-refractivity contribution in [2.45, 2.75) is 13.0 Å². The Morgan fingerprint density at radius 1 is 1.53 bits per heavy atom. The summed E-state index contributed by atoms with van der Waals surface area (Å²) in [6.45, 7) is 2.88. The number of nitrogens with one attached hydrogen (secondary N) is 1. The van der Waals surface area contributed by atoms with E-state index in [1.165, 1.54) is 0 Å². The van der Waals surface area contributed by atoms with Crippen LogP contribution in [-0.4, -0.2) is 27.7 Å². The van der Waals surface area contributed by atoms with Gasteiger partial charge in [-0.05, 0) is 37.6 Å². The molecule has 0 amide bonds. The topological polar surface area (TPSA) is 76.1 Å². The van der Waals surface area contributed by atoms with E-state index in [9.17, 15) is 5.11 Å². The summed E-state index contributed by atoms with van der Waals surface area (Å²) < 4.78 is 1.92. The Kier molecular flexibility index (Phi) is 2.40. The van der Waals surface area contributed by atoms with Crippen LogP contribution in [0.3, 0.4) is 0 Å². The van der Waals surface area contributed by atoms with Crippen LogP contribution in [0.5, 0.6) is 5.75 Å². The lowest BCUT2D eigenvalue weighted by atomic mass is 10.1. The lowest BCUT2D eigenvalue weighted by Crippen LogP contribution is -2.15. The van der Waals surface area contributed by atoms with Gasteiger partial charge in [-0.1, -0.05) is 6.07 Å². The summed E-state index contributed by atoms with van der Waals surface area (Å²) in [6, 6.07) is 5.33.